The molecule has 5 nitrogen and oxygen atoms in total. The number of amides is 1. The van der Waals surface area contributed by atoms with Crippen molar-refractivity contribution in [1.82, 2.24) is 4.90 Å². The van der Waals surface area contributed by atoms with E-state index in [-0.39, 0.29) is 17.6 Å². The topological polar surface area (TPSA) is 66.8 Å². The average Bonchev–Trinajstić information content (AvgIpc) is 3.14. The molecule has 1 aliphatic rings. The van der Waals surface area contributed by atoms with Crippen molar-refractivity contribution in [1.29, 1.82) is 0 Å². The van der Waals surface area contributed by atoms with Crippen molar-refractivity contribution in [2.45, 2.75) is 25.4 Å². The van der Waals surface area contributed by atoms with E-state index in [1.165, 1.54) is 17.7 Å². The fraction of sp³-hybridized carbons (Fsp3) is 0.333. The molecule has 1 unspecified atom stereocenters. The summed E-state index contributed by atoms with van der Waals surface area (Å²) in [4.78, 5) is 25.2. The molecule has 0 bridgehead atoms. The summed E-state index contributed by atoms with van der Waals surface area (Å²) in [6, 6.07) is 16.4. The van der Waals surface area contributed by atoms with Gasteiger partial charge in [-0.3, -0.25) is 4.79 Å². The van der Waals surface area contributed by atoms with E-state index in [0.717, 1.165) is 19.3 Å². The van der Waals surface area contributed by atoms with Gasteiger partial charge in [0.05, 0.1) is 11.7 Å². The normalized spacial score (nSPS) is 16.6. The molecule has 1 aliphatic heterocycles. The molecule has 0 saturated carbocycles. The molecule has 136 valence electrons. The van der Waals surface area contributed by atoms with Crippen molar-refractivity contribution in [2.75, 3.05) is 19.7 Å². The Kier molecular flexibility index (Phi) is 6.02. The Morgan fingerprint density at radius 1 is 1.04 bits per heavy atom. The van der Waals surface area contributed by atoms with Crippen LogP contribution in [-0.4, -0.2) is 47.7 Å². The number of rotatable bonds is 7. The van der Waals surface area contributed by atoms with Gasteiger partial charge in [-0.05, 0) is 49.1 Å². The lowest BCUT2D eigenvalue weighted by Crippen LogP contribution is -2.30. The highest BCUT2D eigenvalue weighted by Crippen LogP contribution is 2.17. The van der Waals surface area contributed by atoms with Gasteiger partial charge in [-0.25, -0.2) is 4.79 Å². The van der Waals surface area contributed by atoms with Gasteiger partial charge in [0.25, 0.3) is 5.91 Å². The standard InChI is InChI=1S/C21H23NO4/c23-20(17-8-10-18(11-9-17)21(24)25)22-13-12-19(15-22)26-14-4-7-16-5-2-1-3-6-16/h1-3,5-6,8-11,19H,4,7,12-15H2,(H,24,25). The molecular weight excluding hydrogens is 330 g/mol. The van der Waals surface area contributed by atoms with E-state index < -0.39 is 5.97 Å². The Bertz CT molecular complexity index is 742. The van der Waals surface area contributed by atoms with Crippen LogP contribution in [-0.2, 0) is 11.2 Å². The molecule has 1 heterocycles. The van der Waals surface area contributed by atoms with Crippen molar-refractivity contribution in [3.05, 3.63) is 71.3 Å². The number of carboxylic acids is 1. The minimum Gasteiger partial charge on any atom is -0.478 e. The van der Waals surface area contributed by atoms with Gasteiger partial charge in [0, 0.05) is 25.3 Å². The van der Waals surface area contributed by atoms with E-state index in [0.29, 0.717) is 25.3 Å². The predicted molar refractivity (Wildman–Crippen MR) is 98.4 cm³/mol. The molecule has 1 saturated heterocycles. The van der Waals surface area contributed by atoms with Gasteiger partial charge in [0.2, 0.25) is 0 Å². The van der Waals surface area contributed by atoms with Crippen LogP contribution in [0.15, 0.2) is 54.6 Å². The molecule has 1 N–H and O–H groups in total. The highest BCUT2D eigenvalue weighted by Gasteiger charge is 2.27. The maximum atomic E-state index is 12.5. The van der Waals surface area contributed by atoms with Gasteiger partial charge in [-0.15, -0.1) is 0 Å². The van der Waals surface area contributed by atoms with E-state index >= 15 is 0 Å². The summed E-state index contributed by atoms with van der Waals surface area (Å²) in [6.07, 6.45) is 2.87. The van der Waals surface area contributed by atoms with E-state index in [2.05, 4.69) is 12.1 Å². The molecule has 2 aromatic rings. The number of ether oxygens (including phenoxy) is 1. The number of aromatic carboxylic acids is 1. The number of carbonyl (C=O) groups is 2. The number of hydrogen-bond donors (Lipinski definition) is 1. The highest BCUT2D eigenvalue weighted by atomic mass is 16.5. The van der Waals surface area contributed by atoms with Crippen molar-refractivity contribution in [3.63, 3.8) is 0 Å². The number of carbonyl (C=O) groups excluding carboxylic acids is 1. The highest BCUT2D eigenvalue weighted by molar-refractivity contribution is 5.96. The smallest absolute Gasteiger partial charge is 0.335 e. The number of carboxylic acid groups (broad SMARTS) is 1. The van der Waals surface area contributed by atoms with Gasteiger partial charge < -0.3 is 14.7 Å². The van der Waals surface area contributed by atoms with Crippen LogP contribution in [0.1, 0.15) is 39.1 Å². The second kappa shape index (κ2) is 8.63. The van der Waals surface area contributed by atoms with Crippen LogP contribution in [0.2, 0.25) is 0 Å². The summed E-state index contributed by atoms with van der Waals surface area (Å²) < 4.78 is 5.92. The minimum absolute atomic E-state index is 0.0719. The molecule has 1 atom stereocenters. The Morgan fingerprint density at radius 3 is 2.42 bits per heavy atom. The molecular formula is C21H23NO4. The Morgan fingerprint density at radius 2 is 1.73 bits per heavy atom. The van der Waals surface area contributed by atoms with Crippen LogP contribution >= 0.6 is 0 Å². The van der Waals surface area contributed by atoms with E-state index in [4.69, 9.17) is 9.84 Å². The molecule has 2 aromatic carbocycles. The largest absolute Gasteiger partial charge is 0.478 e. The second-order valence-corrected chi connectivity index (χ2v) is 6.50. The molecule has 26 heavy (non-hydrogen) atoms. The Hall–Kier alpha value is -2.66. The predicted octanol–water partition coefficient (Wildman–Crippen LogP) is 3.25. The van der Waals surface area contributed by atoms with Crippen LogP contribution in [0, 0.1) is 0 Å². The van der Waals surface area contributed by atoms with Crippen LogP contribution in [0.25, 0.3) is 0 Å². The van der Waals surface area contributed by atoms with Crippen LogP contribution in [0.4, 0.5) is 0 Å². The van der Waals surface area contributed by atoms with E-state index in [9.17, 15) is 9.59 Å². The first-order chi connectivity index (χ1) is 12.6. The minimum atomic E-state index is -0.992. The first kappa shape index (κ1) is 18.1. The zero-order valence-corrected chi connectivity index (χ0v) is 14.6. The number of benzene rings is 2. The van der Waals surface area contributed by atoms with Crippen molar-refractivity contribution < 1.29 is 19.4 Å². The van der Waals surface area contributed by atoms with Gasteiger partial charge in [-0.1, -0.05) is 30.3 Å². The second-order valence-electron chi connectivity index (χ2n) is 6.50. The zero-order valence-electron chi connectivity index (χ0n) is 14.6. The van der Waals surface area contributed by atoms with E-state index in [1.54, 1.807) is 17.0 Å². The lowest BCUT2D eigenvalue weighted by molar-refractivity contribution is 0.0524. The van der Waals surface area contributed by atoms with Crippen LogP contribution < -0.4 is 0 Å². The molecule has 1 fully saturated rings. The maximum Gasteiger partial charge on any atom is 0.335 e. The first-order valence-corrected chi connectivity index (χ1v) is 8.91. The number of likely N-dealkylation sites (tertiary alicyclic amines) is 1. The Labute approximate surface area is 153 Å². The van der Waals surface area contributed by atoms with Gasteiger partial charge in [0.15, 0.2) is 0 Å². The summed E-state index contributed by atoms with van der Waals surface area (Å²) in [5.41, 5.74) is 2.01. The first-order valence-electron chi connectivity index (χ1n) is 8.91. The molecule has 0 radical (unpaired) electrons. The summed E-state index contributed by atoms with van der Waals surface area (Å²) in [7, 11) is 0. The molecule has 0 aromatic heterocycles. The zero-order chi connectivity index (χ0) is 18.4. The maximum absolute atomic E-state index is 12.5. The summed E-state index contributed by atoms with van der Waals surface area (Å²) in [5.74, 6) is -1.06. The summed E-state index contributed by atoms with van der Waals surface area (Å²) in [6.45, 7) is 1.95. The fourth-order valence-electron chi connectivity index (χ4n) is 3.16. The molecule has 0 spiro atoms. The molecule has 3 rings (SSSR count). The average molecular weight is 353 g/mol. The monoisotopic (exact) mass is 353 g/mol. The molecule has 0 aliphatic carbocycles. The van der Waals surface area contributed by atoms with Crippen LogP contribution in [0.5, 0.6) is 0 Å². The molecule has 1 amide bonds. The van der Waals surface area contributed by atoms with Crippen molar-refractivity contribution in [2.24, 2.45) is 0 Å². The third-order valence-corrected chi connectivity index (χ3v) is 4.62. The third-order valence-electron chi connectivity index (χ3n) is 4.62. The fourth-order valence-corrected chi connectivity index (χ4v) is 3.16. The van der Waals surface area contributed by atoms with Gasteiger partial charge in [-0.2, -0.15) is 0 Å². The summed E-state index contributed by atoms with van der Waals surface area (Å²) in [5, 5.41) is 8.92. The molecule has 5 heteroatoms. The quantitative estimate of drug-likeness (QED) is 0.776. The number of nitrogens with zero attached hydrogens (tertiary/aromatic N) is 1. The summed E-state index contributed by atoms with van der Waals surface area (Å²) >= 11 is 0. The van der Waals surface area contributed by atoms with Crippen molar-refractivity contribution >= 4 is 11.9 Å². The number of hydrogen-bond acceptors (Lipinski definition) is 3. The van der Waals surface area contributed by atoms with E-state index in [1.807, 2.05) is 18.2 Å². The van der Waals surface area contributed by atoms with Gasteiger partial charge >= 0.3 is 5.97 Å². The lowest BCUT2D eigenvalue weighted by Gasteiger charge is -2.17. The van der Waals surface area contributed by atoms with Crippen LogP contribution in [0.3, 0.4) is 0 Å². The lowest BCUT2D eigenvalue weighted by atomic mass is 10.1. The van der Waals surface area contributed by atoms with Gasteiger partial charge in [0.1, 0.15) is 0 Å². The number of aryl methyl sites for hydroxylation is 1. The third kappa shape index (κ3) is 4.70. The Balaban J connectivity index is 1.43. The van der Waals surface area contributed by atoms with Crippen molar-refractivity contribution in [3.8, 4) is 0 Å². The SMILES string of the molecule is O=C(O)c1ccc(C(=O)N2CCC(OCCCc3ccccc3)C2)cc1.